The molecule has 2 atom stereocenters. The summed E-state index contributed by atoms with van der Waals surface area (Å²) in [5, 5.41) is 16.8. The van der Waals surface area contributed by atoms with Crippen LogP contribution < -0.4 is 5.32 Å². The lowest BCUT2D eigenvalue weighted by atomic mass is 10.1. The van der Waals surface area contributed by atoms with Crippen molar-refractivity contribution in [3.8, 4) is 5.82 Å². The molecule has 3 rings (SSSR count). The molecule has 0 spiro atoms. The molecule has 0 aliphatic heterocycles. The number of anilines is 1. The van der Waals surface area contributed by atoms with Crippen LogP contribution in [0.3, 0.4) is 0 Å². The fraction of sp³-hybridized carbons (Fsp3) is 0.333. The predicted octanol–water partition coefficient (Wildman–Crippen LogP) is 1.92. The highest BCUT2D eigenvalue weighted by molar-refractivity contribution is 5.42. The van der Waals surface area contributed by atoms with Crippen LogP contribution >= 0.6 is 0 Å². The Morgan fingerprint density at radius 3 is 3.00 bits per heavy atom. The molecule has 104 valence electrons. The number of pyridine rings is 1. The molecular formula is C15H18N4O. The topological polar surface area (TPSA) is 63.0 Å². The lowest BCUT2D eigenvalue weighted by molar-refractivity contribution is 0.250. The summed E-state index contributed by atoms with van der Waals surface area (Å²) in [5.74, 6) is 1.87. The van der Waals surface area contributed by atoms with E-state index < -0.39 is 0 Å². The van der Waals surface area contributed by atoms with Crippen LogP contribution in [0.25, 0.3) is 5.82 Å². The van der Waals surface area contributed by atoms with Crippen LogP contribution in [-0.4, -0.2) is 32.5 Å². The highest BCUT2D eigenvalue weighted by Gasteiger charge is 2.18. The molecule has 5 heteroatoms. The van der Waals surface area contributed by atoms with Crippen LogP contribution in [0.4, 0.5) is 5.82 Å². The standard InChI is InChI=1S/C15H18N4O/c1-11-8-16-19(9-11)15-4-2-3-14(18-15)17-13-6-5-12(7-13)10-20/h2-6,8-9,12-13,20H,7,10H2,1H3,(H,17,18)/t12-,13+/m0/s1. The van der Waals surface area contributed by atoms with Crippen molar-refractivity contribution < 1.29 is 5.11 Å². The zero-order chi connectivity index (χ0) is 13.9. The van der Waals surface area contributed by atoms with Gasteiger partial charge < -0.3 is 10.4 Å². The van der Waals surface area contributed by atoms with E-state index in [0.717, 1.165) is 23.6 Å². The second kappa shape index (κ2) is 5.46. The molecule has 20 heavy (non-hydrogen) atoms. The van der Waals surface area contributed by atoms with Crippen molar-refractivity contribution in [1.29, 1.82) is 0 Å². The Kier molecular flexibility index (Phi) is 3.52. The van der Waals surface area contributed by atoms with E-state index in [2.05, 4.69) is 27.6 Å². The van der Waals surface area contributed by atoms with Crippen molar-refractivity contribution >= 4 is 5.82 Å². The first-order chi connectivity index (χ1) is 9.74. The number of nitrogens with zero attached hydrogens (tertiary/aromatic N) is 3. The third-order valence-electron chi connectivity index (χ3n) is 3.42. The second-order valence-corrected chi connectivity index (χ2v) is 5.16. The lowest BCUT2D eigenvalue weighted by Gasteiger charge is -2.14. The normalized spacial score (nSPS) is 21.3. The smallest absolute Gasteiger partial charge is 0.155 e. The summed E-state index contributed by atoms with van der Waals surface area (Å²) < 4.78 is 1.77. The molecule has 5 nitrogen and oxygen atoms in total. The summed E-state index contributed by atoms with van der Waals surface area (Å²) in [5.41, 5.74) is 1.11. The number of aromatic nitrogens is 3. The lowest BCUT2D eigenvalue weighted by Crippen LogP contribution is -2.17. The SMILES string of the molecule is Cc1cnn(-c2cccc(N[C@@H]3C=C[C@H](CO)C3)n2)c1. The zero-order valence-corrected chi connectivity index (χ0v) is 11.4. The predicted molar refractivity (Wildman–Crippen MR) is 77.8 cm³/mol. The van der Waals surface area contributed by atoms with Gasteiger partial charge in [-0.1, -0.05) is 18.2 Å². The maximum atomic E-state index is 9.14. The Bertz CT molecular complexity index is 620. The first-order valence-corrected chi connectivity index (χ1v) is 6.79. The monoisotopic (exact) mass is 270 g/mol. The molecule has 2 aromatic rings. The van der Waals surface area contributed by atoms with Crippen molar-refractivity contribution in [3.05, 3.63) is 48.3 Å². The summed E-state index contributed by atoms with van der Waals surface area (Å²) in [6.07, 6.45) is 8.81. The minimum atomic E-state index is 0.203. The number of hydrogen-bond acceptors (Lipinski definition) is 4. The summed E-state index contributed by atoms with van der Waals surface area (Å²) in [7, 11) is 0. The average Bonchev–Trinajstić information content (AvgIpc) is 3.08. The highest BCUT2D eigenvalue weighted by Crippen LogP contribution is 2.20. The van der Waals surface area contributed by atoms with Crippen molar-refractivity contribution in [1.82, 2.24) is 14.8 Å². The molecule has 2 aromatic heterocycles. The van der Waals surface area contributed by atoms with Gasteiger partial charge in [-0.3, -0.25) is 0 Å². The molecule has 0 fully saturated rings. The first-order valence-electron chi connectivity index (χ1n) is 6.79. The minimum absolute atomic E-state index is 0.203. The van der Waals surface area contributed by atoms with E-state index in [4.69, 9.17) is 5.11 Å². The van der Waals surface area contributed by atoms with Gasteiger partial charge in [-0.25, -0.2) is 9.67 Å². The van der Waals surface area contributed by atoms with Crippen LogP contribution in [0.5, 0.6) is 0 Å². The number of aryl methyl sites for hydroxylation is 1. The van der Waals surface area contributed by atoms with Crippen molar-refractivity contribution in [3.63, 3.8) is 0 Å². The minimum Gasteiger partial charge on any atom is -0.396 e. The number of rotatable bonds is 4. The molecule has 2 N–H and O–H groups in total. The van der Waals surface area contributed by atoms with Gasteiger partial charge in [0.25, 0.3) is 0 Å². The Morgan fingerprint density at radius 2 is 2.30 bits per heavy atom. The van der Waals surface area contributed by atoms with E-state index in [9.17, 15) is 0 Å². The van der Waals surface area contributed by atoms with Crippen LogP contribution in [0.15, 0.2) is 42.7 Å². The summed E-state index contributed by atoms with van der Waals surface area (Å²) in [4.78, 5) is 4.56. The molecule has 1 aliphatic carbocycles. The molecule has 0 bridgehead atoms. The van der Waals surface area contributed by atoms with E-state index in [-0.39, 0.29) is 18.6 Å². The first kappa shape index (κ1) is 12.9. The Labute approximate surface area is 118 Å². The summed E-state index contributed by atoms with van der Waals surface area (Å²) in [6, 6.07) is 6.07. The van der Waals surface area contributed by atoms with Gasteiger partial charge >= 0.3 is 0 Å². The maximum Gasteiger partial charge on any atom is 0.155 e. The molecule has 0 unspecified atom stereocenters. The van der Waals surface area contributed by atoms with Crippen molar-refractivity contribution in [2.45, 2.75) is 19.4 Å². The van der Waals surface area contributed by atoms with Crippen molar-refractivity contribution in [2.75, 3.05) is 11.9 Å². The Hall–Kier alpha value is -2.14. The largest absolute Gasteiger partial charge is 0.396 e. The molecule has 1 aliphatic rings. The highest BCUT2D eigenvalue weighted by atomic mass is 16.3. The quantitative estimate of drug-likeness (QED) is 0.833. The van der Waals surface area contributed by atoms with Gasteiger partial charge in [-0.2, -0.15) is 5.10 Å². The van der Waals surface area contributed by atoms with E-state index in [1.54, 1.807) is 4.68 Å². The van der Waals surface area contributed by atoms with Crippen LogP contribution in [-0.2, 0) is 0 Å². The summed E-state index contributed by atoms with van der Waals surface area (Å²) in [6.45, 7) is 2.21. The Balaban J connectivity index is 1.74. The van der Waals surface area contributed by atoms with Gasteiger partial charge in [0.1, 0.15) is 5.82 Å². The van der Waals surface area contributed by atoms with Gasteiger partial charge in [-0.05, 0) is 31.0 Å². The molecule has 2 heterocycles. The molecule has 0 radical (unpaired) electrons. The fourth-order valence-corrected chi connectivity index (χ4v) is 2.38. The third-order valence-corrected chi connectivity index (χ3v) is 3.42. The van der Waals surface area contributed by atoms with Crippen LogP contribution in [0.2, 0.25) is 0 Å². The van der Waals surface area contributed by atoms with E-state index in [0.29, 0.717) is 0 Å². The number of hydrogen-bond donors (Lipinski definition) is 2. The fourth-order valence-electron chi connectivity index (χ4n) is 2.38. The molecule has 0 amide bonds. The van der Waals surface area contributed by atoms with Gasteiger partial charge in [0.05, 0.1) is 6.20 Å². The van der Waals surface area contributed by atoms with Crippen LogP contribution in [0, 0.1) is 12.8 Å². The second-order valence-electron chi connectivity index (χ2n) is 5.16. The van der Waals surface area contributed by atoms with E-state index in [1.807, 2.05) is 37.5 Å². The van der Waals surface area contributed by atoms with E-state index >= 15 is 0 Å². The van der Waals surface area contributed by atoms with Gasteiger partial charge in [0.2, 0.25) is 0 Å². The zero-order valence-electron chi connectivity index (χ0n) is 11.4. The van der Waals surface area contributed by atoms with Crippen molar-refractivity contribution in [2.24, 2.45) is 5.92 Å². The Morgan fingerprint density at radius 1 is 1.40 bits per heavy atom. The number of aliphatic hydroxyl groups excluding tert-OH is 1. The van der Waals surface area contributed by atoms with Gasteiger partial charge in [0, 0.05) is 24.8 Å². The summed E-state index contributed by atoms with van der Waals surface area (Å²) >= 11 is 0. The number of nitrogens with one attached hydrogen (secondary N) is 1. The average molecular weight is 270 g/mol. The third kappa shape index (κ3) is 2.72. The van der Waals surface area contributed by atoms with E-state index in [1.165, 1.54) is 0 Å². The van der Waals surface area contributed by atoms with Crippen LogP contribution in [0.1, 0.15) is 12.0 Å². The van der Waals surface area contributed by atoms with Gasteiger partial charge in [-0.15, -0.1) is 0 Å². The molecular weight excluding hydrogens is 252 g/mol. The molecule has 0 aromatic carbocycles. The maximum absolute atomic E-state index is 9.14. The number of aliphatic hydroxyl groups is 1. The molecule has 0 saturated heterocycles. The molecule has 0 saturated carbocycles. The van der Waals surface area contributed by atoms with Gasteiger partial charge in [0.15, 0.2) is 5.82 Å².